The molecule has 1 aliphatic rings. The molecule has 0 heterocycles. The molecular formula is C50H30. The van der Waals surface area contributed by atoms with Crippen LogP contribution in [0.2, 0.25) is 0 Å². The van der Waals surface area contributed by atoms with E-state index >= 15 is 0 Å². The van der Waals surface area contributed by atoms with E-state index in [-0.39, 0.29) is 0 Å². The monoisotopic (exact) mass is 630 g/mol. The lowest BCUT2D eigenvalue weighted by Crippen LogP contribution is -1.86. The molecule has 1 aliphatic carbocycles. The first-order valence-corrected chi connectivity index (χ1v) is 17.4. The van der Waals surface area contributed by atoms with Gasteiger partial charge in [-0.3, -0.25) is 0 Å². The lowest BCUT2D eigenvalue weighted by molar-refractivity contribution is 1.61. The third-order valence-electron chi connectivity index (χ3n) is 11.0. The second-order valence-electron chi connectivity index (χ2n) is 13.7. The molecule has 0 heteroatoms. The predicted octanol–water partition coefficient (Wildman–Crippen LogP) is 14.1. The van der Waals surface area contributed by atoms with E-state index in [1.807, 2.05) is 0 Å². The molecule has 0 bridgehead atoms. The largest absolute Gasteiger partial charge is 0.0616 e. The van der Waals surface area contributed by atoms with Crippen molar-refractivity contribution in [2.45, 2.75) is 0 Å². The molecule has 230 valence electrons. The normalized spacial score (nSPS) is 12.0. The van der Waals surface area contributed by atoms with E-state index in [4.69, 9.17) is 0 Å². The van der Waals surface area contributed by atoms with E-state index in [0.29, 0.717) is 0 Å². The van der Waals surface area contributed by atoms with Gasteiger partial charge in [-0.2, -0.15) is 0 Å². The summed E-state index contributed by atoms with van der Waals surface area (Å²) >= 11 is 0. The van der Waals surface area contributed by atoms with Gasteiger partial charge in [-0.25, -0.2) is 0 Å². The predicted molar refractivity (Wildman–Crippen MR) is 215 cm³/mol. The number of benzene rings is 10. The Balaban J connectivity index is 0.937. The van der Waals surface area contributed by atoms with Crippen molar-refractivity contribution in [3.63, 3.8) is 0 Å². The van der Waals surface area contributed by atoms with Crippen LogP contribution in [0.25, 0.3) is 109 Å². The van der Waals surface area contributed by atoms with Crippen LogP contribution < -0.4 is 0 Å². The Bertz CT molecular complexity index is 2980. The smallest absolute Gasteiger partial charge is 0.00259 e. The Morgan fingerprint density at radius 3 is 1.28 bits per heavy atom. The van der Waals surface area contributed by atoms with Gasteiger partial charge in [0, 0.05) is 0 Å². The molecule has 0 aliphatic heterocycles. The Morgan fingerprint density at radius 2 is 0.640 bits per heavy atom. The van der Waals surface area contributed by atoms with Crippen molar-refractivity contribution in [1.82, 2.24) is 0 Å². The maximum atomic E-state index is 2.38. The first-order valence-electron chi connectivity index (χ1n) is 17.4. The van der Waals surface area contributed by atoms with Gasteiger partial charge in [-0.15, -0.1) is 0 Å². The molecule has 0 saturated carbocycles. The minimum absolute atomic E-state index is 1.23. The van der Waals surface area contributed by atoms with Gasteiger partial charge in [0.1, 0.15) is 0 Å². The lowest BCUT2D eigenvalue weighted by atomic mass is 9.91. The van der Waals surface area contributed by atoms with E-state index in [1.165, 1.54) is 109 Å². The molecule has 10 aromatic carbocycles. The summed E-state index contributed by atoms with van der Waals surface area (Å²) in [6.45, 7) is 0. The van der Waals surface area contributed by atoms with Gasteiger partial charge >= 0.3 is 0 Å². The molecule has 0 N–H and O–H groups in total. The molecule has 0 radical (unpaired) electrons. The third kappa shape index (κ3) is 4.06. The SMILES string of the molecule is c1ccc2c(c1)-c1cccc3cc(-c4ccc5cc(-c6ccc(-c7ccc8c9ccccc9c9ccccc9c8c7)cc6)ccc5c4)cc-2c13. The van der Waals surface area contributed by atoms with Crippen molar-refractivity contribution in [2.24, 2.45) is 0 Å². The summed E-state index contributed by atoms with van der Waals surface area (Å²) in [5.41, 5.74) is 12.8. The summed E-state index contributed by atoms with van der Waals surface area (Å²) in [4.78, 5) is 0. The third-order valence-corrected chi connectivity index (χ3v) is 11.0. The van der Waals surface area contributed by atoms with Gasteiger partial charge in [-0.05, 0) is 140 Å². The van der Waals surface area contributed by atoms with Gasteiger partial charge < -0.3 is 0 Å². The van der Waals surface area contributed by atoms with E-state index in [1.54, 1.807) is 0 Å². The van der Waals surface area contributed by atoms with Crippen molar-refractivity contribution < 1.29 is 0 Å². The first-order chi connectivity index (χ1) is 24.8. The highest BCUT2D eigenvalue weighted by molar-refractivity contribution is 6.25. The Morgan fingerprint density at radius 1 is 0.200 bits per heavy atom. The second-order valence-corrected chi connectivity index (χ2v) is 13.7. The van der Waals surface area contributed by atoms with Crippen LogP contribution in [0.3, 0.4) is 0 Å². The number of fused-ring (bicyclic) bond motifs is 10. The number of hydrogen-bond donors (Lipinski definition) is 0. The van der Waals surface area contributed by atoms with Gasteiger partial charge in [0.2, 0.25) is 0 Å². The first kappa shape index (κ1) is 27.5. The molecule has 10 aromatic rings. The van der Waals surface area contributed by atoms with Crippen molar-refractivity contribution in [3.8, 4) is 55.6 Å². The highest BCUT2D eigenvalue weighted by Crippen LogP contribution is 2.48. The highest BCUT2D eigenvalue weighted by atomic mass is 14.2. The summed E-state index contributed by atoms with van der Waals surface area (Å²) in [6.07, 6.45) is 0. The standard InChI is InChI=1S/C50H30/c1-2-11-42-40(9-1)41-10-3-5-13-44(41)48-29-37(24-25-46(42)48)32-18-16-31(17-19-32)33-20-21-35-27-36(23-22-34(35)26-33)39-28-38-8-7-15-47-43-12-4-6-14-45(43)49(30-39)50(38)47/h1-30H. The average molecular weight is 631 g/mol. The van der Waals surface area contributed by atoms with Crippen LogP contribution in [0.5, 0.6) is 0 Å². The zero-order valence-electron chi connectivity index (χ0n) is 27.3. The minimum atomic E-state index is 1.23. The molecule has 0 amide bonds. The van der Waals surface area contributed by atoms with Crippen LogP contribution in [-0.4, -0.2) is 0 Å². The molecule has 0 unspecified atom stereocenters. The van der Waals surface area contributed by atoms with Gasteiger partial charge in [0.25, 0.3) is 0 Å². The molecule has 0 aromatic heterocycles. The van der Waals surface area contributed by atoms with Gasteiger partial charge in [0.15, 0.2) is 0 Å². The van der Waals surface area contributed by atoms with E-state index in [2.05, 4.69) is 182 Å². The molecule has 0 atom stereocenters. The molecule has 0 saturated heterocycles. The van der Waals surface area contributed by atoms with Crippen LogP contribution in [0.15, 0.2) is 182 Å². The van der Waals surface area contributed by atoms with Crippen molar-refractivity contribution in [1.29, 1.82) is 0 Å². The summed E-state index contributed by atoms with van der Waals surface area (Å²) in [6, 6.07) is 67.5. The van der Waals surface area contributed by atoms with Crippen LogP contribution >= 0.6 is 0 Å². The maximum absolute atomic E-state index is 2.38. The molecular weight excluding hydrogens is 601 g/mol. The summed E-state index contributed by atoms with van der Waals surface area (Å²) < 4.78 is 0. The quantitative estimate of drug-likeness (QED) is 0.170. The molecule has 50 heavy (non-hydrogen) atoms. The lowest BCUT2D eigenvalue weighted by Gasteiger charge is -2.12. The Kier molecular flexibility index (Phi) is 5.76. The summed E-state index contributed by atoms with van der Waals surface area (Å²) in [7, 11) is 0. The fourth-order valence-corrected chi connectivity index (χ4v) is 8.53. The van der Waals surface area contributed by atoms with Crippen molar-refractivity contribution in [2.75, 3.05) is 0 Å². The zero-order chi connectivity index (χ0) is 32.8. The number of rotatable bonds is 3. The molecule has 11 rings (SSSR count). The second kappa shape index (κ2) is 10.5. The van der Waals surface area contributed by atoms with Gasteiger partial charge in [-0.1, -0.05) is 152 Å². The molecule has 0 nitrogen and oxygen atoms in total. The highest BCUT2D eigenvalue weighted by Gasteiger charge is 2.21. The van der Waals surface area contributed by atoms with E-state index < -0.39 is 0 Å². The maximum Gasteiger partial charge on any atom is -0.00259 e. The van der Waals surface area contributed by atoms with Crippen LogP contribution in [0.1, 0.15) is 0 Å². The number of hydrogen-bond acceptors (Lipinski definition) is 0. The topological polar surface area (TPSA) is 0 Å². The average Bonchev–Trinajstić information content (AvgIpc) is 3.52. The van der Waals surface area contributed by atoms with Crippen molar-refractivity contribution in [3.05, 3.63) is 182 Å². The van der Waals surface area contributed by atoms with Gasteiger partial charge in [0.05, 0.1) is 0 Å². The fraction of sp³-hybridized carbons (Fsp3) is 0. The molecule has 0 spiro atoms. The van der Waals surface area contributed by atoms with Crippen LogP contribution in [-0.2, 0) is 0 Å². The van der Waals surface area contributed by atoms with Crippen molar-refractivity contribution >= 4 is 53.9 Å². The van der Waals surface area contributed by atoms with E-state index in [0.717, 1.165) is 0 Å². The Hall–Kier alpha value is -6.50. The van der Waals surface area contributed by atoms with Crippen LogP contribution in [0, 0.1) is 0 Å². The Labute approximate surface area is 290 Å². The minimum Gasteiger partial charge on any atom is -0.0616 e. The van der Waals surface area contributed by atoms with E-state index in [9.17, 15) is 0 Å². The fourth-order valence-electron chi connectivity index (χ4n) is 8.53. The summed E-state index contributed by atoms with van der Waals surface area (Å²) in [5.74, 6) is 0. The summed E-state index contributed by atoms with van der Waals surface area (Å²) in [5, 5.41) is 13.0. The van der Waals surface area contributed by atoms with Crippen LogP contribution in [0.4, 0.5) is 0 Å². The molecule has 0 fully saturated rings. The zero-order valence-corrected chi connectivity index (χ0v) is 27.3.